The zero-order chi connectivity index (χ0) is 23.5. The molecule has 0 amide bonds. The molecule has 6 heteroatoms. The molecule has 0 unspecified atom stereocenters. The van der Waals surface area contributed by atoms with Crippen molar-refractivity contribution < 1.29 is 0 Å². The SMILES string of the molecule is CCSc1cc2c(cc1SC)c1cc(SCC)c(SC)cc1c1cc(SCC)c(SC)cc21. The van der Waals surface area contributed by atoms with E-state index in [4.69, 9.17) is 0 Å². The van der Waals surface area contributed by atoms with Crippen molar-refractivity contribution in [3.63, 3.8) is 0 Å². The Morgan fingerprint density at radius 3 is 0.788 bits per heavy atom. The van der Waals surface area contributed by atoms with Crippen LogP contribution in [0.3, 0.4) is 0 Å². The zero-order valence-corrected chi connectivity index (χ0v) is 24.9. The molecule has 0 atom stereocenters. The van der Waals surface area contributed by atoms with Crippen LogP contribution in [0.4, 0.5) is 0 Å². The molecule has 0 fully saturated rings. The molecule has 174 valence electrons. The Hall–Kier alpha value is -0.240. The average Bonchev–Trinajstić information content (AvgIpc) is 2.83. The van der Waals surface area contributed by atoms with Crippen LogP contribution < -0.4 is 0 Å². The average molecular weight is 547 g/mol. The summed E-state index contributed by atoms with van der Waals surface area (Å²) in [6, 6.07) is 14.7. The molecule has 0 N–H and O–H groups in total. The van der Waals surface area contributed by atoms with Gasteiger partial charge in [-0.3, -0.25) is 0 Å². The molecule has 0 spiro atoms. The lowest BCUT2D eigenvalue weighted by molar-refractivity contribution is 1.26. The predicted octanol–water partition coefficient (Wildman–Crippen LogP) is 10.6. The minimum Gasteiger partial charge on any atom is -0.128 e. The lowest BCUT2D eigenvalue weighted by Crippen LogP contribution is -1.91. The maximum absolute atomic E-state index is 2.46. The first-order valence-electron chi connectivity index (χ1n) is 11.2. The van der Waals surface area contributed by atoms with Gasteiger partial charge in [-0.2, -0.15) is 0 Å². The number of rotatable bonds is 9. The standard InChI is InChI=1S/C27H30S6/c1-7-31-25-13-19-16(10-22(25)28-4)20-14-26(32-8-2)24(30-6)12-18(20)21-15-27(33-9-3)23(29-5)11-17(19)21/h10-15H,7-9H2,1-6H3. The van der Waals surface area contributed by atoms with Gasteiger partial charge in [-0.1, -0.05) is 20.8 Å². The maximum atomic E-state index is 2.46. The normalized spacial score (nSPS) is 11.8. The summed E-state index contributed by atoms with van der Waals surface area (Å²) in [6.45, 7) is 6.74. The Balaban J connectivity index is 2.23. The van der Waals surface area contributed by atoms with E-state index in [1.165, 1.54) is 61.7 Å². The number of thioether (sulfide) groups is 6. The van der Waals surface area contributed by atoms with E-state index < -0.39 is 0 Å². The Labute approximate surface area is 223 Å². The summed E-state index contributed by atoms with van der Waals surface area (Å²) in [5.41, 5.74) is 0. The van der Waals surface area contributed by atoms with Gasteiger partial charge in [0.2, 0.25) is 0 Å². The molecule has 33 heavy (non-hydrogen) atoms. The quantitative estimate of drug-likeness (QED) is 0.150. The van der Waals surface area contributed by atoms with E-state index in [0.29, 0.717) is 0 Å². The van der Waals surface area contributed by atoms with Crippen molar-refractivity contribution in [2.24, 2.45) is 0 Å². The van der Waals surface area contributed by atoms with Crippen LogP contribution in [0, 0.1) is 0 Å². The largest absolute Gasteiger partial charge is 0.128 e. The van der Waals surface area contributed by atoms with Gasteiger partial charge in [-0.25, -0.2) is 0 Å². The lowest BCUT2D eigenvalue weighted by Gasteiger charge is -2.18. The minimum absolute atomic E-state index is 1.09. The monoisotopic (exact) mass is 546 g/mol. The van der Waals surface area contributed by atoms with E-state index in [2.05, 4.69) is 75.9 Å². The number of hydrogen-bond acceptors (Lipinski definition) is 6. The molecule has 0 aliphatic rings. The van der Waals surface area contributed by atoms with Crippen LogP contribution in [-0.4, -0.2) is 36.0 Å². The summed E-state index contributed by atoms with van der Waals surface area (Å²) in [6.07, 6.45) is 6.61. The van der Waals surface area contributed by atoms with Crippen LogP contribution in [-0.2, 0) is 0 Å². The van der Waals surface area contributed by atoms with Crippen molar-refractivity contribution in [3.8, 4) is 0 Å². The van der Waals surface area contributed by atoms with E-state index in [0.717, 1.165) is 17.3 Å². The fourth-order valence-corrected chi connectivity index (χ4v) is 9.21. The van der Waals surface area contributed by atoms with Crippen molar-refractivity contribution in [3.05, 3.63) is 36.4 Å². The molecule has 0 aliphatic carbocycles. The molecule has 4 rings (SSSR count). The first-order valence-corrected chi connectivity index (χ1v) is 17.8. The summed E-state index contributed by atoms with van der Waals surface area (Å²) in [5.74, 6) is 3.27. The number of fused-ring (bicyclic) bond motifs is 6. The van der Waals surface area contributed by atoms with E-state index >= 15 is 0 Å². The Morgan fingerprint density at radius 2 is 0.606 bits per heavy atom. The van der Waals surface area contributed by atoms with Crippen molar-refractivity contribution in [2.75, 3.05) is 36.0 Å². The van der Waals surface area contributed by atoms with Crippen LogP contribution in [0.1, 0.15) is 20.8 Å². The van der Waals surface area contributed by atoms with Crippen molar-refractivity contribution >= 4 is 103 Å². The van der Waals surface area contributed by atoms with Crippen LogP contribution in [0.2, 0.25) is 0 Å². The highest BCUT2D eigenvalue weighted by Crippen LogP contribution is 2.46. The molecule has 0 aliphatic heterocycles. The third-order valence-electron chi connectivity index (χ3n) is 5.68. The first-order chi connectivity index (χ1) is 16.1. The van der Waals surface area contributed by atoms with Crippen molar-refractivity contribution in [1.82, 2.24) is 0 Å². The van der Waals surface area contributed by atoms with Gasteiger partial charge in [0.1, 0.15) is 0 Å². The second-order valence-electron chi connectivity index (χ2n) is 7.44. The van der Waals surface area contributed by atoms with Gasteiger partial charge in [0.25, 0.3) is 0 Å². The molecule has 0 saturated carbocycles. The van der Waals surface area contributed by atoms with Gasteiger partial charge in [0.15, 0.2) is 0 Å². The molecule has 0 radical (unpaired) electrons. The first kappa shape index (κ1) is 25.8. The fraction of sp³-hybridized carbons (Fsp3) is 0.333. The third-order valence-corrected chi connectivity index (χ3v) is 11.2. The van der Waals surface area contributed by atoms with Gasteiger partial charge in [-0.05, 0) is 105 Å². The molecule has 4 aromatic rings. The Kier molecular flexibility index (Phi) is 9.13. The predicted molar refractivity (Wildman–Crippen MR) is 163 cm³/mol. The van der Waals surface area contributed by atoms with Crippen LogP contribution in [0.15, 0.2) is 65.8 Å². The van der Waals surface area contributed by atoms with Gasteiger partial charge in [0, 0.05) is 29.4 Å². The molecule has 0 saturated heterocycles. The highest BCUT2D eigenvalue weighted by atomic mass is 32.2. The summed E-state index contributed by atoms with van der Waals surface area (Å²) >= 11 is 11.5. The maximum Gasteiger partial charge on any atom is 0.0214 e. The second-order valence-corrected chi connectivity index (χ2v) is 13.9. The molecule has 0 bridgehead atoms. The van der Waals surface area contributed by atoms with Gasteiger partial charge in [-0.15, -0.1) is 70.6 Å². The van der Waals surface area contributed by atoms with Crippen LogP contribution >= 0.6 is 70.6 Å². The Bertz CT molecular complexity index is 1120. The molecule has 0 aromatic heterocycles. The van der Waals surface area contributed by atoms with Crippen LogP contribution in [0.25, 0.3) is 32.3 Å². The van der Waals surface area contributed by atoms with Gasteiger partial charge < -0.3 is 0 Å². The second kappa shape index (κ2) is 11.7. The van der Waals surface area contributed by atoms with Crippen molar-refractivity contribution in [1.29, 1.82) is 0 Å². The summed E-state index contributed by atoms with van der Waals surface area (Å²) < 4.78 is 0. The van der Waals surface area contributed by atoms with E-state index in [1.807, 2.05) is 70.6 Å². The summed E-state index contributed by atoms with van der Waals surface area (Å²) in [5, 5.41) is 8.32. The van der Waals surface area contributed by atoms with Crippen molar-refractivity contribution in [2.45, 2.75) is 50.1 Å². The minimum atomic E-state index is 1.09. The summed E-state index contributed by atoms with van der Waals surface area (Å²) in [7, 11) is 0. The van der Waals surface area contributed by atoms with E-state index in [9.17, 15) is 0 Å². The third kappa shape index (κ3) is 5.03. The summed E-state index contributed by atoms with van der Waals surface area (Å²) in [4.78, 5) is 8.37. The highest BCUT2D eigenvalue weighted by molar-refractivity contribution is 8.02. The smallest absolute Gasteiger partial charge is 0.0214 e. The number of hydrogen-bond donors (Lipinski definition) is 0. The topological polar surface area (TPSA) is 0 Å². The Morgan fingerprint density at radius 1 is 0.394 bits per heavy atom. The molecular weight excluding hydrogens is 517 g/mol. The molecular formula is C27H30S6. The van der Waals surface area contributed by atoms with Gasteiger partial charge in [0.05, 0.1) is 0 Å². The number of benzene rings is 4. The highest BCUT2D eigenvalue weighted by Gasteiger charge is 2.17. The van der Waals surface area contributed by atoms with Gasteiger partial charge >= 0.3 is 0 Å². The zero-order valence-electron chi connectivity index (χ0n) is 20.0. The van der Waals surface area contributed by atoms with E-state index in [1.54, 1.807) is 0 Å². The fourth-order valence-electron chi connectivity index (χ4n) is 4.30. The van der Waals surface area contributed by atoms with E-state index in [-0.39, 0.29) is 0 Å². The molecule has 0 heterocycles. The molecule has 4 aromatic carbocycles. The lowest BCUT2D eigenvalue weighted by atomic mass is 9.94. The van der Waals surface area contributed by atoms with Crippen LogP contribution in [0.5, 0.6) is 0 Å². The molecule has 0 nitrogen and oxygen atoms in total.